The van der Waals surface area contributed by atoms with E-state index in [-0.39, 0.29) is 11.6 Å². The van der Waals surface area contributed by atoms with E-state index in [1.807, 2.05) is 24.3 Å². The molecule has 24 heavy (non-hydrogen) atoms. The zero-order chi connectivity index (χ0) is 17.0. The van der Waals surface area contributed by atoms with Crippen LogP contribution in [0.5, 0.6) is 0 Å². The number of carbonyl (C=O) groups is 1. The molecule has 1 aromatic carbocycles. The number of urea groups is 1. The molecule has 130 valence electrons. The van der Waals surface area contributed by atoms with Gasteiger partial charge in [0.05, 0.1) is 0 Å². The molecule has 4 aliphatic rings. The van der Waals surface area contributed by atoms with E-state index in [1.165, 1.54) is 19.3 Å². The summed E-state index contributed by atoms with van der Waals surface area (Å²) < 4.78 is 0. The Hall–Kier alpha value is -1.22. The van der Waals surface area contributed by atoms with E-state index in [2.05, 4.69) is 24.5 Å². The van der Waals surface area contributed by atoms with E-state index in [0.29, 0.717) is 22.4 Å². The van der Waals surface area contributed by atoms with Crippen LogP contribution in [0.1, 0.15) is 57.9 Å². The van der Waals surface area contributed by atoms with Gasteiger partial charge >= 0.3 is 6.03 Å². The Kier molecular flexibility index (Phi) is 3.65. The van der Waals surface area contributed by atoms with Gasteiger partial charge in [-0.05, 0) is 73.0 Å². The van der Waals surface area contributed by atoms with Gasteiger partial charge in [-0.15, -0.1) is 0 Å². The maximum atomic E-state index is 12.5. The van der Waals surface area contributed by atoms with Crippen LogP contribution in [0.15, 0.2) is 24.3 Å². The van der Waals surface area contributed by atoms with Crippen molar-refractivity contribution in [2.75, 3.05) is 0 Å². The van der Waals surface area contributed by atoms with E-state index in [9.17, 15) is 4.79 Å². The highest BCUT2D eigenvalue weighted by Gasteiger charge is 2.60. The maximum Gasteiger partial charge on any atom is 0.315 e. The third-order valence-corrected chi connectivity index (χ3v) is 6.58. The largest absolute Gasteiger partial charge is 0.334 e. The second-order valence-corrected chi connectivity index (χ2v) is 9.78. The Morgan fingerprint density at radius 2 is 1.88 bits per heavy atom. The number of carbonyl (C=O) groups excluding carboxylic acids is 1. The van der Waals surface area contributed by atoms with Gasteiger partial charge in [-0.1, -0.05) is 37.6 Å². The molecule has 2 unspecified atom stereocenters. The van der Waals surface area contributed by atoms with E-state index in [4.69, 9.17) is 11.6 Å². The first-order chi connectivity index (χ1) is 11.3. The number of hydrogen-bond acceptors (Lipinski definition) is 1. The summed E-state index contributed by atoms with van der Waals surface area (Å²) >= 11 is 6.01. The monoisotopic (exact) mass is 346 g/mol. The van der Waals surface area contributed by atoms with Crippen LogP contribution in [0.4, 0.5) is 4.79 Å². The van der Waals surface area contributed by atoms with Crippen molar-refractivity contribution >= 4 is 17.6 Å². The molecule has 0 radical (unpaired) electrons. The lowest BCUT2D eigenvalue weighted by atomic mass is 9.43. The van der Waals surface area contributed by atoms with Gasteiger partial charge < -0.3 is 10.6 Å². The Labute approximate surface area is 149 Å². The highest BCUT2D eigenvalue weighted by molar-refractivity contribution is 6.30. The summed E-state index contributed by atoms with van der Waals surface area (Å²) in [4.78, 5) is 12.5. The highest BCUT2D eigenvalue weighted by Crippen LogP contribution is 2.66. The van der Waals surface area contributed by atoms with Gasteiger partial charge in [-0.3, -0.25) is 0 Å². The van der Waals surface area contributed by atoms with Crippen molar-refractivity contribution in [2.45, 2.75) is 64.5 Å². The van der Waals surface area contributed by atoms with Gasteiger partial charge in [0.15, 0.2) is 0 Å². The number of hydrogen-bond donors (Lipinski definition) is 2. The van der Waals surface area contributed by atoms with Crippen LogP contribution in [0.2, 0.25) is 5.02 Å². The number of halogens is 1. The average molecular weight is 347 g/mol. The summed E-state index contributed by atoms with van der Waals surface area (Å²) in [7, 11) is 0. The molecule has 5 rings (SSSR count). The first kappa shape index (κ1) is 16.3. The lowest BCUT2D eigenvalue weighted by Crippen LogP contribution is -2.66. The number of rotatable bonds is 3. The van der Waals surface area contributed by atoms with Crippen LogP contribution >= 0.6 is 11.6 Å². The van der Waals surface area contributed by atoms with Crippen molar-refractivity contribution in [1.29, 1.82) is 0 Å². The molecule has 0 aliphatic heterocycles. The van der Waals surface area contributed by atoms with E-state index >= 15 is 0 Å². The fourth-order valence-electron chi connectivity index (χ4n) is 6.70. The second kappa shape index (κ2) is 5.39. The SMILES string of the molecule is CC12CC3CC(C)(C1)CC(NC(=O)NCc1cccc(Cl)c1)(C3)C2. The molecule has 4 heteroatoms. The van der Waals surface area contributed by atoms with Gasteiger partial charge in [0.1, 0.15) is 0 Å². The molecule has 4 bridgehead atoms. The third kappa shape index (κ3) is 3.03. The second-order valence-electron chi connectivity index (χ2n) is 9.35. The molecule has 2 amide bonds. The highest BCUT2D eigenvalue weighted by atomic mass is 35.5. The Bertz CT molecular complexity index is 655. The van der Waals surface area contributed by atoms with Gasteiger partial charge in [-0.25, -0.2) is 4.79 Å². The van der Waals surface area contributed by atoms with Crippen LogP contribution in [-0.2, 0) is 6.54 Å². The minimum absolute atomic E-state index is 0.00132. The Morgan fingerprint density at radius 3 is 2.50 bits per heavy atom. The molecule has 1 aromatic rings. The molecule has 4 saturated carbocycles. The van der Waals surface area contributed by atoms with Gasteiger partial charge in [-0.2, -0.15) is 0 Å². The number of benzene rings is 1. The molecular weight excluding hydrogens is 320 g/mol. The van der Waals surface area contributed by atoms with E-state index in [0.717, 1.165) is 30.7 Å². The quantitative estimate of drug-likeness (QED) is 0.803. The normalized spacial score (nSPS) is 39.7. The molecule has 0 spiro atoms. The molecule has 0 saturated heterocycles. The van der Waals surface area contributed by atoms with Crippen LogP contribution in [0.3, 0.4) is 0 Å². The van der Waals surface area contributed by atoms with Crippen LogP contribution in [0, 0.1) is 16.7 Å². The smallest absolute Gasteiger partial charge is 0.315 e. The summed E-state index contributed by atoms with van der Waals surface area (Å²) in [6, 6.07) is 7.61. The minimum atomic E-state index is -0.0378. The van der Waals surface area contributed by atoms with E-state index < -0.39 is 0 Å². The number of nitrogens with one attached hydrogen (secondary N) is 2. The number of amides is 2. The summed E-state index contributed by atoms with van der Waals surface area (Å²) in [6.07, 6.45) is 7.44. The molecule has 0 aromatic heterocycles. The standard InChI is InChI=1S/C20H27ClN2O/c1-18-7-15-8-19(2,11-18)13-20(9-15,12-18)23-17(24)22-10-14-4-3-5-16(21)6-14/h3-6,15H,7-13H2,1-2H3,(H2,22,23,24). The molecule has 4 fully saturated rings. The zero-order valence-electron chi connectivity index (χ0n) is 14.6. The van der Waals surface area contributed by atoms with Crippen molar-refractivity contribution in [2.24, 2.45) is 16.7 Å². The molecular formula is C20H27ClN2O. The Balaban J connectivity index is 1.42. The summed E-state index contributed by atoms with van der Waals surface area (Å²) in [5.41, 5.74) is 1.85. The molecule has 4 aliphatic carbocycles. The maximum absolute atomic E-state index is 12.5. The summed E-state index contributed by atoms with van der Waals surface area (Å²) in [5, 5.41) is 7.10. The lowest BCUT2D eigenvalue weighted by molar-refractivity contribution is -0.113. The predicted octanol–water partition coefficient (Wildman–Crippen LogP) is 4.89. The summed E-state index contributed by atoms with van der Waals surface area (Å²) in [6.45, 7) is 5.37. The zero-order valence-corrected chi connectivity index (χ0v) is 15.4. The topological polar surface area (TPSA) is 41.1 Å². The van der Waals surface area contributed by atoms with Crippen molar-refractivity contribution in [3.8, 4) is 0 Å². The minimum Gasteiger partial charge on any atom is -0.334 e. The molecule has 0 heterocycles. The van der Waals surface area contributed by atoms with Crippen LogP contribution < -0.4 is 10.6 Å². The average Bonchev–Trinajstić information content (AvgIpc) is 2.40. The van der Waals surface area contributed by atoms with Crippen molar-refractivity contribution in [1.82, 2.24) is 10.6 Å². The van der Waals surface area contributed by atoms with Gasteiger partial charge in [0.2, 0.25) is 0 Å². The van der Waals surface area contributed by atoms with Gasteiger partial charge in [0.25, 0.3) is 0 Å². The molecule has 2 N–H and O–H groups in total. The van der Waals surface area contributed by atoms with Gasteiger partial charge in [0, 0.05) is 17.1 Å². The van der Waals surface area contributed by atoms with Crippen LogP contribution in [-0.4, -0.2) is 11.6 Å². The van der Waals surface area contributed by atoms with Crippen molar-refractivity contribution in [3.63, 3.8) is 0 Å². The molecule has 2 atom stereocenters. The lowest BCUT2D eigenvalue weighted by Gasteiger charge is -2.65. The fourth-order valence-corrected chi connectivity index (χ4v) is 6.91. The first-order valence-corrected chi connectivity index (χ1v) is 9.46. The van der Waals surface area contributed by atoms with E-state index in [1.54, 1.807) is 0 Å². The third-order valence-electron chi connectivity index (χ3n) is 6.35. The summed E-state index contributed by atoms with van der Waals surface area (Å²) in [5.74, 6) is 0.782. The fraction of sp³-hybridized carbons (Fsp3) is 0.650. The molecule has 3 nitrogen and oxygen atoms in total. The van der Waals surface area contributed by atoms with Crippen LogP contribution in [0.25, 0.3) is 0 Å². The predicted molar refractivity (Wildman–Crippen MR) is 97.0 cm³/mol. The first-order valence-electron chi connectivity index (χ1n) is 9.08. The van der Waals surface area contributed by atoms with Crippen molar-refractivity contribution in [3.05, 3.63) is 34.9 Å². The van der Waals surface area contributed by atoms with Crippen molar-refractivity contribution < 1.29 is 4.79 Å². The Morgan fingerprint density at radius 1 is 1.17 bits per heavy atom.